The summed E-state index contributed by atoms with van der Waals surface area (Å²) in [7, 11) is 0. The van der Waals surface area contributed by atoms with Gasteiger partial charge in [0.05, 0.1) is 5.69 Å². The van der Waals surface area contributed by atoms with Crippen LogP contribution in [0.3, 0.4) is 0 Å². The number of aryl methyl sites for hydroxylation is 1. The van der Waals surface area contributed by atoms with E-state index >= 15 is 0 Å². The van der Waals surface area contributed by atoms with Crippen LogP contribution in [0.2, 0.25) is 0 Å². The summed E-state index contributed by atoms with van der Waals surface area (Å²) in [5.41, 5.74) is 3.77. The molecule has 0 unspecified atom stereocenters. The second kappa shape index (κ2) is 9.92. The number of hydrogen-bond donors (Lipinski definition) is 1. The van der Waals surface area contributed by atoms with Gasteiger partial charge in [-0.3, -0.25) is 4.90 Å². The van der Waals surface area contributed by atoms with E-state index in [1.165, 1.54) is 22.9 Å². The number of nitrogens with one attached hydrogen (secondary N) is 1. The lowest BCUT2D eigenvalue weighted by Gasteiger charge is -2.36. The van der Waals surface area contributed by atoms with E-state index < -0.39 is 0 Å². The third-order valence-corrected chi connectivity index (χ3v) is 6.92. The van der Waals surface area contributed by atoms with Crippen molar-refractivity contribution in [3.8, 4) is 23.0 Å². The van der Waals surface area contributed by atoms with Crippen LogP contribution < -0.4 is 19.1 Å². The molecule has 2 aliphatic rings. The minimum Gasteiger partial charge on any atom is -0.486 e. The van der Waals surface area contributed by atoms with Crippen molar-refractivity contribution in [1.29, 1.82) is 0 Å². The monoisotopic (exact) mass is 469 g/mol. The van der Waals surface area contributed by atoms with E-state index in [0.29, 0.717) is 24.7 Å². The quantitative estimate of drug-likeness (QED) is 0.388. The molecule has 0 aliphatic carbocycles. The first-order chi connectivity index (χ1) is 17.3. The molecular weight excluding hydrogens is 438 g/mol. The van der Waals surface area contributed by atoms with Crippen LogP contribution in [-0.2, 0) is 6.42 Å². The number of hydrogen-bond acceptors (Lipinski definition) is 5. The summed E-state index contributed by atoms with van der Waals surface area (Å²) in [6, 6.07) is 22.6. The smallest absolute Gasteiger partial charge is 0.204 e. The summed E-state index contributed by atoms with van der Waals surface area (Å²) >= 11 is 0. The van der Waals surface area contributed by atoms with Crippen molar-refractivity contribution in [1.82, 2.24) is 9.88 Å². The Morgan fingerprint density at radius 1 is 0.800 bits per heavy atom. The second-order valence-electron chi connectivity index (χ2n) is 9.14. The van der Waals surface area contributed by atoms with Gasteiger partial charge < -0.3 is 24.1 Å². The predicted octanol–water partition coefficient (Wildman–Crippen LogP) is 5.49. The molecule has 6 rings (SSSR count). The van der Waals surface area contributed by atoms with E-state index in [4.69, 9.17) is 14.2 Å². The predicted molar refractivity (Wildman–Crippen MR) is 139 cm³/mol. The zero-order valence-electron chi connectivity index (χ0n) is 19.9. The summed E-state index contributed by atoms with van der Waals surface area (Å²) in [5.74, 6) is 2.98. The van der Waals surface area contributed by atoms with Crippen LogP contribution >= 0.6 is 0 Å². The first-order valence-electron chi connectivity index (χ1n) is 12.5. The molecule has 180 valence electrons. The van der Waals surface area contributed by atoms with Crippen molar-refractivity contribution >= 4 is 16.6 Å². The molecule has 1 saturated heterocycles. The van der Waals surface area contributed by atoms with Crippen LogP contribution in [0.1, 0.15) is 12.0 Å². The van der Waals surface area contributed by atoms with E-state index in [9.17, 15) is 0 Å². The minimum absolute atomic E-state index is 0.539. The molecule has 0 atom stereocenters. The highest BCUT2D eigenvalue weighted by Crippen LogP contribution is 2.43. The molecule has 0 saturated carbocycles. The average molecular weight is 470 g/mol. The van der Waals surface area contributed by atoms with Gasteiger partial charge in [0.25, 0.3) is 0 Å². The summed E-state index contributed by atoms with van der Waals surface area (Å²) in [6.45, 7) is 6.31. The van der Waals surface area contributed by atoms with E-state index in [2.05, 4.69) is 57.4 Å². The SMILES string of the molecule is c1ccc(N2CCN(CCCc3c[nH]c4ccccc34)CC2)c(Oc2cccc3c2OCCO3)c1. The van der Waals surface area contributed by atoms with Gasteiger partial charge in [-0.15, -0.1) is 0 Å². The molecule has 1 aromatic heterocycles. The Bertz CT molecular complexity index is 1290. The number of benzene rings is 3. The number of aromatic amines is 1. The molecule has 6 heteroatoms. The topological polar surface area (TPSA) is 50.0 Å². The van der Waals surface area contributed by atoms with Gasteiger partial charge in [-0.25, -0.2) is 0 Å². The number of para-hydroxylation sites is 4. The van der Waals surface area contributed by atoms with Crippen molar-refractivity contribution in [2.24, 2.45) is 0 Å². The Balaban J connectivity index is 1.06. The van der Waals surface area contributed by atoms with E-state index in [1.54, 1.807) is 0 Å². The fourth-order valence-electron chi connectivity index (χ4n) is 5.09. The minimum atomic E-state index is 0.539. The van der Waals surface area contributed by atoms with Gasteiger partial charge in [-0.1, -0.05) is 36.4 Å². The maximum absolute atomic E-state index is 6.37. The van der Waals surface area contributed by atoms with Crippen molar-refractivity contribution in [2.75, 3.05) is 50.8 Å². The van der Waals surface area contributed by atoms with Gasteiger partial charge in [0, 0.05) is 43.3 Å². The van der Waals surface area contributed by atoms with Crippen molar-refractivity contribution in [3.63, 3.8) is 0 Å². The molecule has 0 spiro atoms. The maximum Gasteiger partial charge on any atom is 0.204 e. The summed E-state index contributed by atoms with van der Waals surface area (Å²) in [6.07, 6.45) is 4.44. The van der Waals surface area contributed by atoms with Crippen LogP contribution in [-0.4, -0.2) is 55.8 Å². The highest BCUT2D eigenvalue weighted by atomic mass is 16.6. The molecule has 1 N–H and O–H groups in total. The van der Waals surface area contributed by atoms with Gasteiger partial charge >= 0.3 is 0 Å². The van der Waals surface area contributed by atoms with Crippen LogP contribution in [0.15, 0.2) is 72.9 Å². The van der Waals surface area contributed by atoms with Crippen molar-refractivity contribution < 1.29 is 14.2 Å². The van der Waals surface area contributed by atoms with Crippen LogP contribution in [0, 0.1) is 0 Å². The lowest BCUT2D eigenvalue weighted by atomic mass is 10.1. The molecule has 1 fully saturated rings. The lowest BCUT2D eigenvalue weighted by molar-refractivity contribution is 0.166. The van der Waals surface area contributed by atoms with Gasteiger partial charge in [0.1, 0.15) is 13.2 Å². The lowest BCUT2D eigenvalue weighted by Crippen LogP contribution is -2.46. The maximum atomic E-state index is 6.37. The largest absolute Gasteiger partial charge is 0.486 e. The summed E-state index contributed by atoms with van der Waals surface area (Å²) < 4.78 is 17.9. The van der Waals surface area contributed by atoms with E-state index in [1.807, 2.05) is 30.3 Å². The number of piperazine rings is 1. The number of rotatable bonds is 7. The number of aromatic nitrogens is 1. The molecule has 3 aromatic carbocycles. The summed E-state index contributed by atoms with van der Waals surface area (Å²) in [4.78, 5) is 8.40. The third-order valence-electron chi connectivity index (χ3n) is 6.92. The van der Waals surface area contributed by atoms with E-state index in [0.717, 1.165) is 56.3 Å². The Hall–Kier alpha value is -3.64. The number of fused-ring (bicyclic) bond motifs is 2. The third kappa shape index (κ3) is 4.66. The summed E-state index contributed by atoms with van der Waals surface area (Å²) in [5, 5.41) is 1.35. The van der Waals surface area contributed by atoms with Gasteiger partial charge in [0.2, 0.25) is 5.75 Å². The normalized spacial score (nSPS) is 15.9. The second-order valence-corrected chi connectivity index (χ2v) is 9.14. The molecule has 0 amide bonds. The molecule has 0 bridgehead atoms. The molecule has 3 heterocycles. The van der Waals surface area contributed by atoms with Gasteiger partial charge in [0.15, 0.2) is 17.2 Å². The fourth-order valence-corrected chi connectivity index (χ4v) is 5.09. The first kappa shape index (κ1) is 21.9. The molecular formula is C29H31N3O3. The first-order valence-corrected chi connectivity index (χ1v) is 12.5. The Labute approximate surface area is 206 Å². The highest BCUT2D eigenvalue weighted by molar-refractivity contribution is 5.83. The van der Waals surface area contributed by atoms with E-state index in [-0.39, 0.29) is 0 Å². The Kier molecular flexibility index (Phi) is 6.20. The molecule has 6 nitrogen and oxygen atoms in total. The van der Waals surface area contributed by atoms with Gasteiger partial charge in [-0.2, -0.15) is 0 Å². The van der Waals surface area contributed by atoms with Gasteiger partial charge in [-0.05, 0) is 55.3 Å². The van der Waals surface area contributed by atoms with Crippen LogP contribution in [0.4, 0.5) is 5.69 Å². The molecule has 0 radical (unpaired) electrons. The zero-order chi connectivity index (χ0) is 23.5. The standard InChI is InChI=1S/C29H31N3O3/c1-2-9-24-23(8-1)22(21-30-24)7-6-14-31-15-17-32(18-16-31)25-10-3-4-11-26(25)35-28-13-5-12-27-29(28)34-20-19-33-27/h1-5,8-13,21,30H,6-7,14-20H2. The molecule has 4 aromatic rings. The number of anilines is 1. The average Bonchev–Trinajstić information content (AvgIpc) is 3.33. The molecule has 2 aliphatic heterocycles. The fraction of sp³-hybridized carbons (Fsp3) is 0.310. The number of nitrogens with zero attached hydrogens (tertiary/aromatic N) is 2. The number of H-pyrrole nitrogens is 1. The Morgan fingerprint density at radius 3 is 2.54 bits per heavy atom. The zero-order valence-corrected chi connectivity index (χ0v) is 19.9. The van der Waals surface area contributed by atoms with Crippen LogP contribution in [0.25, 0.3) is 10.9 Å². The highest BCUT2D eigenvalue weighted by Gasteiger charge is 2.22. The van der Waals surface area contributed by atoms with Crippen molar-refractivity contribution in [2.45, 2.75) is 12.8 Å². The Morgan fingerprint density at radius 2 is 1.60 bits per heavy atom. The molecule has 35 heavy (non-hydrogen) atoms. The van der Waals surface area contributed by atoms with Crippen LogP contribution in [0.5, 0.6) is 23.0 Å². The van der Waals surface area contributed by atoms with Crippen molar-refractivity contribution in [3.05, 3.63) is 78.5 Å². The number of ether oxygens (including phenoxy) is 3.